The molecule has 0 radical (unpaired) electrons. The van der Waals surface area contributed by atoms with E-state index in [1.165, 1.54) is 18.4 Å². The highest BCUT2D eigenvalue weighted by Crippen LogP contribution is 2.33. The Morgan fingerprint density at radius 3 is 2.84 bits per heavy atom. The summed E-state index contributed by atoms with van der Waals surface area (Å²) in [7, 11) is 0. The van der Waals surface area contributed by atoms with Crippen molar-refractivity contribution in [3.8, 4) is 0 Å². The van der Waals surface area contributed by atoms with Crippen LogP contribution < -0.4 is 10.6 Å². The molecule has 104 valence electrons. The lowest BCUT2D eigenvalue weighted by atomic mass is 10.0. The van der Waals surface area contributed by atoms with Crippen LogP contribution in [-0.2, 0) is 0 Å². The summed E-state index contributed by atoms with van der Waals surface area (Å²) in [5.41, 5.74) is 1.06. The van der Waals surface area contributed by atoms with Crippen LogP contribution in [-0.4, -0.2) is 12.0 Å². The largest absolute Gasteiger partial charge is 0.353 e. The number of fused-ring (bicyclic) bond motifs is 1. The molecule has 1 heterocycles. The second-order valence-electron chi connectivity index (χ2n) is 5.31. The van der Waals surface area contributed by atoms with Crippen LogP contribution in [0.3, 0.4) is 0 Å². The highest BCUT2D eigenvalue weighted by atomic mass is 35.5. The van der Waals surface area contributed by atoms with Gasteiger partial charge in [0.2, 0.25) is 5.96 Å². The molecule has 0 aromatic heterocycles. The molecule has 1 aliphatic rings. The Balaban J connectivity index is 1.91. The average Bonchev–Trinajstić information content (AvgIpc) is 2.36. The first-order chi connectivity index (χ1) is 9.04. The molecule has 0 aliphatic carbocycles. The van der Waals surface area contributed by atoms with E-state index in [2.05, 4.69) is 35.8 Å². The van der Waals surface area contributed by atoms with Crippen molar-refractivity contribution < 1.29 is 0 Å². The Kier molecular flexibility index (Phi) is 4.99. The van der Waals surface area contributed by atoms with Crippen molar-refractivity contribution >= 4 is 35.2 Å². The van der Waals surface area contributed by atoms with Crippen molar-refractivity contribution in [1.82, 2.24) is 5.32 Å². The number of guanidine groups is 1. The van der Waals surface area contributed by atoms with Crippen molar-refractivity contribution in [3.63, 3.8) is 0 Å². The molecule has 0 saturated heterocycles. The number of hydrogen-bond donors (Lipinski definition) is 2. The van der Waals surface area contributed by atoms with E-state index in [9.17, 15) is 0 Å². The van der Waals surface area contributed by atoms with Gasteiger partial charge < -0.3 is 10.6 Å². The van der Waals surface area contributed by atoms with Crippen LogP contribution in [0, 0.1) is 5.92 Å². The molecule has 1 aliphatic heterocycles. The van der Waals surface area contributed by atoms with Gasteiger partial charge in [-0.3, -0.25) is 0 Å². The van der Waals surface area contributed by atoms with Gasteiger partial charge in [-0.25, -0.2) is 0 Å². The van der Waals surface area contributed by atoms with E-state index in [1.807, 2.05) is 18.2 Å². The number of halogens is 1. The molecule has 2 N–H and O–H groups in total. The molecule has 5 heteroatoms. The Bertz CT molecular complexity index is 474. The Morgan fingerprint density at radius 1 is 1.32 bits per heavy atom. The maximum Gasteiger partial charge on any atom is 0.208 e. The molecule has 1 aromatic carbocycles. The van der Waals surface area contributed by atoms with E-state index in [0.29, 0.717) is 6.04 Å². The Hall–Kier alpha value is -0.870. The third kappa shape index (κ3) is 4.32. The molecule has 19 heavy (non-hydrogen) atoms. The molecule has 1 atom stereocenters. The highest BCUT2D eigenvalue weighted by molar-refractivity contribution is 7.98. The summed E-state index contributed by atoms with van der Waals surface area (Å²) < 4.78 is 4.43. The molecule has 0 spiro atoms. The van der Waals surface area contributed by atoms with Gasteiger partial charge in [-0.1, -0.05) is 25.4 Å². The van der Waals surface area contributed by atoms with Gasteiger partial charge in [-0.2, -0.15) is 4.40 Å². The SMILES string of the molecule is CC(C)CCC(C)NC1=NSc2cc(Cl)ccc2N1. The number of rotatable bonds is 4. The molecule has 3 nitrogen and oxygen atoms in total. The first kappa shape index (κ1) is 14.5. The zero-order chi connectivity index (χ0) is 13.8. The maximum atomic E-state index is 5.96. The maximum absolute atomic E-state index is 5.96. The molecule has 0 fully saturated rings. The van der Waals surface area contributed by atoms with Gasteiger partial charge in [-0.15, -0.1) is 0 Å². The minimum absolute atomic E-state index is 0.420. The van der Waals surface area contributed by atoms with E-state index >= 15 is 0 Å². The number of benzene rings is 1. The lowest BCUT2D eigenvalue weighted by Gasteiger charge is -2.22. The van der Waals surface area contributed by atoms with Crippen LogP contribution in [0.1, 0.15) is 33.6 Å². The van der Waals surface area contributed by atoms with Gasteiger partial charge in [0.15, 0.2) is 0 Å². The fourth-order valence-corrected chi connectivity index (χ4v) is 2.79. The van der Waals surface area contributed by atoms with E-state index in [0.717, 1.165) is 33.9 Å². The third-order valence-corrected chi connectivity index (χ3v) is 4.04. The number of nitrogens with one attached hydrogen (secondary N) is 2. The van der Waals surface area contributed by atoms with E-state index in [1.54, 1.807) is 0 Å². The standard InChI is InChI=1S/C14H20ClN3S/c1-9(2)4-5-10(3)16-14-17-12-7-6-11(15)8-13(12)19-18-14/h6-10H,4-5H2,1-3H3,(H2,16,17,18). The van der Waals surface area contributed by atoms with Crippen LogP contribution in [0.15, 0.2) is 27.5 Å². The third-order valence-electron chi connectivity index (χ3n) is 2.99. The predicted molar refractivity (Wildman–Crippen MR) is 85.0 cm³/mol. The van der Waals surface area contributed by atoms with E-state index < -0.39 is 0 Å². The minimum atomic E-state index is 0.420. The normalized spacial score (nSPS) is 15.5. The first-order valence-electron chi connectivity index (χ1n) is 6.62. The van der Waals surface area contributed by atoms with Crippen molar-refractivity contribution in [2.45, 2.75) is 44.6 Å². The summed E-state index contributed by atoms with van der Waals surface area (Å²) in [5, 5.41) is 7.46. The average molecular weight is 298 g/mol. The van der Waals surface area contributed by atoms with Crippen LogP contribution >= 0.6 is 23.5 Å². The molecule has 2 rings (SSSR count). The molecule has 1 unspecified atom stereocenters. The smallest absolute Gasteiger partial charge is 0.208 e. The minimum Gasteiger partial charge on any atom is -0.353 e. The van der Waals surface area contributed by atoms with Crippen molar-refractivity contribution in [3.05, 3.63) is 23.2 Å². The van der Waals surface area contributed by atoms with E-state index in [-0.39, 0.29) is 0 Å². The Labute approximate surface area is 124 Å². The summed E-state index contributed by atoms with van der Waals surface area (Å²) in [6.45, 7) is 6.69. The van der Waals surface area contributed by atoms with Gasteiger partial charge in [0.1, 0.15) is 0 Å². The monoisotopic (exact) mass is 297 g/mol. The van der Waals surface area contributed by atoms with Gasteiger partial charge in [0.25, 0.3) is 0 Å². The Morgan fingerprint density at radius 2 is 2.11 bits per heavy atom. The van der Waals surface area contributed by atoms with Crippen LogP contribution in [0.5, 0.6) is 0 Å². The lowest BCUT2D eigenvalue weighted by Crippen LogP contribution is -2.38. The summed E-state index contributed by atoms with van der Waals surface area (Å²) in [6.07, 6.45) is 2.37. The highest BCUT2D eigenvalue weighted by Gasteiger charge is 2.14. The topological polar surface area (TPSA) is 36.4 Å². The fourth-order valence-electron chi connectivity index (χ4n) is 1.87. The fraction of sp³-hybridized carbons (Fsp3) is 0.500. The predicted octanol–water partition coefficient (Wildman–Crippen LogP) is 4.54. The van der Waals surface area contributed by atoms with Gasteiger partial charge >= 0.3 is 0 Å². The van der Waals surface area contributed by atoms with Crippen LogP contribution in [0.25, 0.3) is 0 Å². The molecular formula is C14H20ClN3S. The number of nitrogens with zero attached hydrogens (tertiary/aromatic N) is 1. The van der Waals surface area contributed by atoms with Crippen LogP contribution in [0.2, 0.25) is 5.02 Å². The van der Waals surface area contributed by atoms with Crippen LogP contribution in [0.4, 0.5) is 5.69 Å². The van der Waals surface area contributed by atoms with Gasteiger partial charge in [-0.05, 0) is 43.9 Å². The summed E-state index contributed by atoms with van der Waals surface area (Å²) in [4.78, 5) is 1.06. The quantitative estimate of drug-likeness (QED) is 0.801. The zero-order valence-corrected chi connectivity index (χ0v) is 13.1. The molecule has 0 bridgehead atoms. The molecule has 0 saturated carbocycles. The molecular weight excluding hydrogens is 278 g/mol. The molecule has 1 aromatic rings. The number of anilines is 1. The first-order valence-corrected chi connectivity index (χ1v) is 7.78. The van der Waals surface area contributed by atoms with Crippen molar-refractivity contribution in [1.29, 1.82) is 0 Å². The lowest BCUT2D eigenvalue weighted by molar-refractivity contribution is 0.493. The summed E-state index contributed by atoms with van der Waals surface area (Å²) >= 11 is 7.42. The van der Waals surface area contributed by atoms with Crippen molar-refractivity contribution in [2.75, 3.05) is 5.32 Å². The zero-order valence-electron chi connectivity index (χ0n) is 11.5. The van der Waals surface area contributed by atoms with Crippen molar-refractivity contribution in [2.24, 2.45) is 10.3 Å². The van der Waals surface area contributed by atoms with Gasteiger partial charge in [0, 0.05) is 23.0 Å². The summed E-state index contributed by atoms with van der Waals surface area (Å²) in [5.74, 6) is 1.57. The van der Waals surface area contributed by atoms with E-state index in [4.69, 9.17) is 11.6 Å². The number of hydrogen-bond acceptors (Lipinski definition) is 4. The summed E-state index contributed by atoms with van der Waals surface area (Å²) in [6, 6.07) is 6.22. The second kappa shape index (κ2) is 6.53. The van der Waals surface area contributed by atoms with Gasteiger partial charge in [0.05, 0.1) is 10.6 Å². The molecule has 0 amide bonds. The second-order valence-corrected chi connectivity index (χ2v) is 6.55.